The Morgan fingerprint density at radius 1 is 1.19 bits per heavy atom. The number of nitrogens with one attached hydrogen (secondary N) is 1. The number of hydrogen-bond acceptors (Lipinski definition) is 3. The molecule has 1 N–H and O–H groups in total. The number of ether oxygens (including phenoxy) is 1. The smallest absolute Gasteiger partial charge is 0.328 e. The lowest BCUT2D eigenvalue weighted by atomic mass is 10.0. The minimum atomic E-state index is -1.74. The molecule has 0 saturated heterocycles. The Bertz CT molecular complexity index is 547. The highest BCUT2D eigenvalue weighted by atomic mass is 19.2. The molecule has 1 aromatic rings. The van der Waals surface area contributed by atoms with E-state index >= 15 is 0 Å². The number of hydrogen-bond donors (Lipinski definition) is 1. The highest BCUT2D eigenvalue weighted by molar-refractivity contribution is 5.97. The first-order valence-electron chi connectivity index (χ1n) is 6.30. The van der Waals surface area contributed by atoms with Crippen LogP contribution in [0.3, 0.4) is 0 Å². The van der Waals surface area contributed by atoms with Gasteiger partial charge in [0, 0.05) is 0 Å². The maximum absolute atomic E-state index is 13.5. The molecule has 4 nitrogen and oxygen atoms in total. The van der Waals surface area contributed by atoms with E-state index in [0.29, 0.717) is 6.07 Å². The van der Waals surface area contributed by atoms with Crippen molar-refractivity contribution in [2.24, 2.45) is 5.92 Å². The SMILES string of the molecule is COC(=O)C(CC(C)C)NC(=O)c1ccc(F)c(F)c1F. The standard InChI is InChI=1S/C14H16F3NO3/c1-7(2)6-10(14(20)21-3)18-13(19)8-4-5-9(15)12(17)11(8)16/h4-5,7,10H,6H2,1-3H3,(H,18,19). The van der Waals surface area contributed by atoms with Gasteiger partial charge in [-0.2, -0.15) is 0 Å². The molecule has 0 aliphatic carbocycles. The van der Waals surface area contributed by atoms with Crippen molar-refractivity contribution >= 4 is 11.9 Å². The molecule has 1 unspecified atom stereocenters. The molecule has 0 spiro atoms. The van der Waals surface area contributed by atoms with Crippen LogP contribution in [0.15, 0.2) is 12.1 Å². The summed E-state index contributed by atoms with van der Waals surface area (Å²) in [6.45, 7) is 3.64. The summed E-state index contributed by atoms with van der Waals surface area (Å²) in [5.74, 6) is -6.37. The minimum absolute atomic E-state index is 0.0594. The molecule has 0 aliphatic rings. The molecule has 1 amide bonds. The fourth-order valence-corrected chi connectivity index (χ4v) is 1.76. The van der Waals surface area contributed by atoms with Crippen LogP contribution in [-0.2, 0) is 9.53 Å². The van der Waals surface area contributed by atoms with Gasteiger partial charge >= 0.3 is 5.97 Å². The third-order valence-electron chi connectivity index (χ3n) is 2.78. The van der Waals surface area contributed by atoms with E-state index in [1.807, 2.05) is 13.8 Å². The quantitative estimate of drug-likeness (QED) is 0.671. The molecule has 0 saturated carbocycles. The van der Waals surface area contributed by atoms with Crippen LogP contribution in [0.5, 0.6) is 0 Å². The van der Waals surface area contributed by atoms with Crippen molar-refractivity contribution in [3.05, 3.63) is 35.1 Å². The lowest BCUT2D eigenvalue weighted by molar-refractivity contribution is -0.143. The lowest BCUT2D eigenvalue weighted by Crippen LogP contribution is -2.42. The van der Waals surface area contributed by atoms with Gasteiger partial charge in [-0.25, -0.2) is 18.0 Å². The average molecular weight is 303 g/mol. The second-order valence-electron chi connectivity index (χ2n) is 4.90. The van der Waals surface area contributed by atoms with Gasteiger partial charge in [0.15, 0.2) is 17.5 Å². The number of amides is 1. The van der Waals surface area contributed by atoms with Gasteiger partial charge in [-0.15, -0.1) is 0 Å². The van der Waals surface area contributed by atoms with Crippen molar-refractivity contribution in [3.8, 4) is 0 Å². The molecule has 0 bridgehead atoms. The van der Waals surface area contributed by atoms with Gasteiger partial charge < -0.3 is 10.1 Å². The van der Waals surface area contributed by atoms with Crippen LogP contribution in [0.25, 0.3) is 0 Å². The maximum Gasteiger partial charge on any atom is 0.328 e. The Balaban J connectivity index is 2.97. The second-order valence-corrected chi connectivity index (χ2v) is 4.90. The zero-order valence-electron chi connectivity index (χ0n) is 11.9. The summed E-state index contributed by atoms with van der Waals surface area (Å²) in [5, 5.41) is 2.26. The number of esters is 1. The molecule has 116 valence electrons. The largest absolute Gasteiger partial charge is 0.467 e. The molecular formula is C14H16F3NO3. The van der Waals surface area contributed by atoms with E-state index in [-0.39, 0.29) is 12.3 Å². The van der Waals surface area contributed by atoms with Crippen LogP contribution in [-0.4, -0.2) is 25.0 Å². The van der Waals surface area contributed by atoms with Gasteiger partial charge in [0.25, 0.3) is 5.91 Å². The van der Waals surface area contributed by atoms with Crippen molar-refractivity contribution in [2.45, 2.75) is 26.3 Å². The highest BCUT2D eigenvalue weighted by Crippen LogP contribution is 2.16. The van der Waals surface area contributed by atoms with Gasteiger partial charge in [-0.05, 0) is 24.5 Å². The van der Waals surface area contributed by atoms with Crippen molar-refractivity contribution in [1.82, 2.24) is 5.32 Å². The second kappa shape index (κ2) is 7.10. The molecule has 21 heavy (non-hydrogen) atoms. The molecule has 0 aromatic heterocycles. The lowest BCUT2D eigenvalue weighted by Gasteiger charge is -2.18. The number of halogens is 3. The van der Waals surface area contributed by atoms with Crippen molar-refractivity contribution in [1.29, 1.82) is 0 Å². The Labute approximate surface area is 120 Å². The van der Waals surface area contributed by atoms with E-state index in [1.54, 1.807) is 0 Å². The number of carbonyl (C=O) groups is 2. The van der Waals surface area contributed by atoms with E-state index < -0.39 is 40.9 Å². The first kappa shape index (κ1) is 17.0. The number of benzene rings is 1. The Morgan fingerprint density at radius 3 is 2.33 bits per heavy atom. The van der Waals surface area contributed by atoms with E-state index in [2.05, 4.69) is 10.1 Å². The molecule has 1 aromatic carbocycles. The predicted molar refractivity (Wildman–Crippen MR) is 69.0 cm³/mol. The van der Waals surface area contributed by atoms with Crippen LogP contribution >= 0.6 is 0 Å². The molecule has 1 atom stereocenters. The summed E-state index contributed by atoms with van der Waals surface area (Å²) in [6.07, 6.45) is 0.268. The molecule has 0 radical (unpaired) electrons. The summed E-state index contributed by atoms with van der Waals surface area (Å²) >= 11 is 0. The highest BCUT2D eigenvalue weighted by Gasteiger charge is 2.26. The minimum Gasteiger partial charge on any atom is -0.467 e. The zero-order valence-corrected chi connectivity index (χ0v) is 11.9. The fraction of sp³-hybridized carbons (Fsp3) is 0.429. The first-order chi connectivity index (χ1) is 9.77. The zero-order chi connectivity index (χ0) is 16.2. The van der Waals surface area contributed by atoms with Crippen LogP contribution in [0, 0.1) is 23.4 Å². The fourth-order valence-electron chi connectivity index (χ4n) is 1.76. The van der Waals surface area contributed by atoms with Crippen molar-refractivity contribution in [3.63, 3.8) is 0 Å². The first-order valence-corrected chi connectivity index (χ1v) is 6.30. The number of methoxy groups -OCH3 is 1. The Kier molecular flexibility index (Phi) is 5.75. The summed E-state index contributed by atoms with van der Waals surface area (Å²) in [7, 11) is 1.15. The molecular weight excluding hydrogens is 287 g/mol. The summed E-state index contributed by atoms with van der Waals surface area (Å²) in [6, 6.07) is 0.463. The molecule has 7 heteroatoms. The summed E-state index contributed by atoms with van der Waals surface area (Å²) < 4.78 is 44.0. The van der Waals surface area contributed by atoms with Gasteiger partial charge in [-0.1, -0.05) is 13.8 Å². The monoisotopic (exact) mass is 303 g/mol. The van der Waals surface area contributed by atoms with Crippen molar-refractivity contribution in [2.75, 3.05) is 7.11 Å². The van der Waals surface area contributed by atoms with Crippen LogP contribution in [0.2, 0.25) is 0 Å². The molecule has 0 aliphatic heterocycles. The van der Waals surface area contributed by atoms with E-state index in [1.165, 1.54) is 0 Å². The molecule has 0 fully saturated rings. The third kappa shape index (κ3) is 4.21. The van der Waals surface area contributed by atoms with Crippen molar-refractivity contribution < 1.29 is 27.5 Å². The Hall–Kier alpha value is -2.05. The average Bonchev–Trinajstić information content (AvgIpc) is 2.42. The summed E-state index contributed by atoms with van der Waals surface area (Å²) in [5.41, 5.74) is -0.674. The van der Waals surface area contributed by atoms with Gasteiger partial charge in [0.1, 0.15) is 6.04 Å². The molecule has 1 rings (SSSR count). The van der Waals surface area contributed by atoms with Crippen LogP contribution < -0.4 is 5.32 Å². The number of carbonyl (C=O) groups excluding carboxylic acids is 2. The maximum atomic E-state index is 13.5. The van der Waals surface area contributed by atoms with E-state index in [9.17, 15) is 22.8 Å². The topological polar surface area (TPSA) is 55.4 Å². The summed E-state index contributed by atoms with van der Waals surface area (Å²) in [4.78, 5) is 23.4. The van der Waals surface area contributed by atoms with E-state index in [0.717, 1.165) is 13.2 Å². The van der Waals surface area contributed by atoms with Crippen LogP contribution in [0.4, 0.5) is 13.2 Å². The normalized spacial score (nSPS) is 12.1. The van der Waals surface area contributed by atoms with Gasteiger partial charge in [0.2, 0.25) is 0 Å². The molecule has 0 heterocycles. The number of rotatable bonds is 5. The Morgan fingerprint density at radius 2 is 1.81 bits per heavy atom. The van der Waals surface area contributed by atoms with E-state index in [4.69, 9.17) is 0 Å². The van der Waals surface area contributed by atoms with Gasteiger partial charge in [0.05, 0.1) is 12.7 Å². The third-order valence-corrected chi connectivity index (χ3v) is 2.78. The van der Waals surface area contributed by atoms with Crippen LogP contribution in [0.1, 0.15) is 30.6 Å². The van der Waals surface area contributed by atoms with Gasteiger partial charge in [-0.3, -0.25) is 4.79 Å². The predicted octanol–water partition coefficient (Wildman–Crippen LogP) is 2.42.